The van der Waals surface area contributed by atoms with Gasteiger partial charge in [0.15, 0.2) is 0 Å². The van der Waals surface area contributed by atoms with Crippen molar-refractivity contribution in [1.29, 1.82) is 0 Å². The molecule has 1 heterocycles. The van der Waals surface area contributed by atoms with Gasteiger partial charge in [-0.1, -0.05) is 22.9 Å². The third-order valence-corrected chi connectivity index (χ3v) is 4.37. The Kier molecular flexibility index (Phi) is 5.07. The van der Waals surface area contributed by atoms with Crippen LogP contribution in [0.15, 0.2) is 0 Å². The second-order valence-electron chi connectivity index (χ2n) is 5.24. The van der Waals surface area contributed by atoms with Crippen LogP contribution in [-0.4, -0.2) is 42.1 Å². The van der Waals surface area contributed by atoms with Gasteiger partial charge < -0.3 is 4.74 Å². The zero-order valence-electron chi connectivity index (χ0n) is 10.4. The van der Waals surface area contributed by atoms with Crippen LogP contribution in [-0.2, 0) is 4.74 Å². The van der Waals surface area contributed by atoms with E-state index in [9.17, 15) is 0 Å². The van der Waals surface area contributed by atoms with Crippen LogP contribution in [0.5, 0.6) is 0 Å². The van der Waals surface area contributed by atoms with Gasteiger partial charge in [-0.15, -0.1) is 0 Å². The maximum atomic E-state index is 5.45. The molecule has 1 fully saturated rings. The molecule has 0 bridgehead atoms. The van der Waals surface area contributed by atoms with Crippen molar-refractivity contribution >= 4 is 15.9 Å². The molecule has 2 nitrogen and oxygen atoms in total. The Morgan fingerprint density at radius 2 is 2.13 bits per heavy atom. The van der Waals surface area contributed by atoms with Crippen molar-refractivity contribution in [3.8, 4) is 0 Å². The van der Waals surface area contributed by atoms with Gasteiger partial charge in [0.1, 0.15) is 0 Å². The lowest BCUT2D eigenvalue weighted by atomic mass is 10.0. The molecule has 1 aliphatic heterocycles. The molecule has 3 heteroatoms. The Hall–Kier alpha value is 0.400. The predicted molar refractivity (Wildman–Crippen MR) is 68.6 cm³/mol. The normalized spacial score (nSPS) is 28.6. The summed E-state index contributed by atoms with van der Waals surface area (Å²) in [5, 5.41) is 1.10. The molecule has 2 atom stereocenters. The number of nitrogens with zero attached hydrogens (tertiary/aromatic N) is 1. The maximum absolute atomic E-state index is 5.45. The van der Waals surface area contributed by atoms with Crippen molar-refractivity contribution in [1.82, 2.24) is 4.90 Å². The molecule has 0 radical (unpaired) electrons. The first-order valence-corrected chi connectivity index (χ1v) is 6.97. The fraction of sp³-hybridized carbons (Fsp3) is 1.00. The molecule has 0 aromatic rings. The minimum atomic E-state index is 0.0166. The summed E-state index contributed by atoms with van der Waals surface area (Å²) in [6.07, 6.45) is 2.45. The van der Waals surface area contributed by atoms with Crippen LogP contribution in [0.25, 0.3) is 0 Å². The molecular formula is C12H24BrNO. The number of rotatable bonds is 5. The minimum absolute atomic E-state index is 0.0166. The van der Waals surface area contributed by atoms with Crippen molar-refractivity contribution in [3.63, 3.8) is 0 Å². The van der Waals surface area contributed by atoms with Crippen molar-refractivity contribution in [2.45, 2.75) is 45.3 Å². The Morgan fingerprint density at radius 3 is 2.67 bits per heavy atom. The van der Waals surface area contributed by atoms with Crippen LogP contribution in [0.4, 0.5) is 0 Å². The average Bonchev–Trinajstić information content (AvgIpc) is 2.56. The van der Waals surface area contributed by atoms with E-state index in [4.69, 9.17) is 4.74 Å². The zero-order valence-corrected chi connectivity index (χ0v) is 12.0. The van der Waals surface area contributed by atoms with E-state index in [1.165, 1.54) is 13.0 Å². The van der Waals surface area contributed by atoms with Crippen molar-refractivity contribution in [2.24, 2.45) is 5.92 Å². The van der Waals surface area contributed by atoms with Gasteiger partial charge in [-0.2, -0.15) is 0 Å². The largest absolute Gasteiger partial charge is 0.379 e. The highest BCUT2D eigenvalue weighted by atomic mass is 79.9. The first-order valence-electron chi connectivity index (χ1n) is 5.85. The van der Waals surface area contributed by atoms with E-state index in [0.717, 1.165) is 30.3 Å². The topological polar surface area (TPSA) is 12.5 Å². The summed E-state index contributed by atoms with van der Waals surface area (Å²) in [5.41, 5.74) is 0.0166. The summed E-state index contributed by atoms with van der Waals surface area (Å²) in [6, 6.07) is 0.720. The third kappa shape index (κ3) is 3.72. The van der Waals surface area contributed by atoms with E-state index < -0.39 is 0 Å². The lowest BCUT2D eigenvalue weighted by Gasteiger charge is -2.29. The molecule has 0 spiro atoms. The average molecular weight is 278 g/mol. The van der Waals surface area contributed by atoms with Crippen LogP contribution < -0.4 is 0 Å². The molecule has 0 aromatic heterocycles. The van der Waals surface area contributed by atoms with Gasteiger partial charge in [0.2, 0.25) is 0 Å². The third-order valence-electron chi connectivity index (χ3n) is 3.71. The highest BCUT2D eigenvalue weighted by Gasteiger charge is 2.31. The predicted octanol–water partition coefficient (Wildman–Crippen LogP) is 2.91. The molecule has 0 aromatic carbocycles. The number of halogens is 1. The Balaban J connectivity index is 2.39. The number of hydrogen-bond donors (Lipinski definition) is 0. The summed E-state index contributed by atoms with van der Waals surface area (Å²) in [4.78, 5) is 2.60. The van der Waals surface area contributed by atoms with E-state index in [0.29, 0.717) is 0 Å². The number of methoxy groups -OCH3 is 1. The minimum Gasteiger partial charge on any atom is -0.379 e. The van der Waals surface area contributed by atoms with E-state index >= 15 is 0 Å². The van der Waals surface area contributed by atoms with Crippen LogP contribution >= 0.6 is 15.9 Å². The Morgan fingerprint density at radius 1 is 1.47 bits per heavy atom. The molecule has 0 amide bonds. The number of alkyl halides is 1. The molecule has 0 saturated carbocycles. The maximum Gasteiger partial charge on any atom is 0.0634 e. The Bertz CT molecular complexity index is 196. The second kappa shape index (κ2) is 5.65. The van der Waals surface area contributed by atoms with E-state index in [2.05, 4.69) is 41.6 Å². The zero-order chi connectivity index (χ0) is 11.5. The molecule has 15 heavy (non-hydrogen) atoms. The summed E-state index contributed by atoms with van der Waals surface area (Å²) in [7, 11) is 1.80. The molecule has 0 N–H and O–H groups in total. The van der Waals surface area contributed by atoms with Crippen LogP contribution in [0.1, 0.15) is 33.6 Å². The van der Waals surface area contributed by atoms with Gasteiger partial charge in [0.05, 0.1) is 5.60 Å². The van der Waals surface area contributed by atoms with E-state index in [1.54, 1.807) is 7.11 Å². The fourth-order valence-electron chi connectivity index (χ4n) is 2.13. The van der Waals surface area contributed by atoms with E-state index in [1.807, 2.05) is 0 Å². The van der Waals surface area contributed by atoms with Crippen LogP contribution in [0.3, 0.4) is 0 Å². The van der Waals surface area contributed by atoms with E-state index in [-0.39, 0.29) is 5.60 Å². The molecule has 1 rings (SSSR count). The lowest BCUT2D eigenvalue weighted by molar-refractivity contribution is 0.00664. The van der Waals surface area contributed by atoms with Crippen LogP contribution in [0.2, 0.25) is 0 Å². The van der Waals surface area contributed by atoms with Gasteiger partial charge in [0, 0.05) is 25.0 Å². The molecule has 1 saturated heterocycles. The Labute approximate surface area is 102 Å². The number of ether oxygens (including phenoxy) is 1. The summed E-state index contributed by atoms with van der Waals surface area (Å²) in [6.45, 7) is 9.08. The van der Waals surface area contributed by atoms with Crippen molar-refractivity contribution in [2.75, 3.05) is 25.5 Å². The highest BCUT2D eigenvalue weighted by molar-refractivity contribution is 9.09. The molecular weight excluding hydrogens is 254 g/mol. The molecule has 0 aliphatic carbocycles. The van der Waals surface area contributed by atoms with Crippen LogP contribution in [0, 0.1) is 5.92 Å². The fourth-order valence-corrected chi connectivity index (χ4v) is 3.18. The van der Waals surface area contributed by atoms with Gasteiger partial charge in [-0.05, 0) is 39.2 Å². The summed E-state index contributed by atoms with van der Waals surface area (Å²) >= 11 is 3.62. The first-order chi connectivity index (χ1) is 7.00. The standard InChI is InChI=1S/C12H24BrNO/c1-10-5-7-14(11(10)9-13)8-6-12(2,3)15-4/h10-11H,5-9H2,1-4H3. The van der Waals surface area contributed by atoms with Gasteiger partial charge in [-0.25, -0.2) is 0 Å². The molecule has 1 aliphatic rings. The van der Waals surface area contributed by atoms with Gasteiger partial charge in [0.25, 0.3) is 0 Å². The molecule has 2 unspecified atom stereocenters. The lowest BCUT2D eigenvalue weighted by Crippen LogP contribution is -2.37. The first kappa shape index (κ1) is 13.5. The number of likely N-dealkylation sites (tertiary alicyclic amines) is 1. The van der Waals surface area contributed by atoms with Gasteiger partial charge >= 0.3 is 0 Å². The SMILES string of the molecule is COC(C)(C)CCN1CCC(C)C1CBr. The smallest absolute Gasteiger partial charge is 0.0634 e. The monoisotopic (exact) mass is 277 g/mol. The van der Waals surface area contributed by atoms with Gasteiger partial charge in [-0.3, -0.25) is 4.90 Å². The molecule has 90 valence electrons. The van der Waals surface area contributed by atoms with Crippen molar-refractivity contribution < 1.29 is 4.74 Å². The number of hydrogen-bond acceptors (Lipinski definition) is 2. The quantitative estimate of drug-likeness (QED) is 0.717. The second-order valence-corrected chi connectivity index (χ2v) is 5.88. The van der Waals surface area contributed by atoms with Crippen molar-refractivity contribution in [3.05, 3.63) is 0 Å². The summed E-state index contributed by atoms with van der Waals surface area (Å²) < 4.78 is 5.45. The summed E-state index contributed by atoms with van der Waals surface area (Å²) in [5.74, 6) is 0.829. The highest BCUT2D eigenvalue weighted by Crippen LogP contribution is 2.26.